The Hall–Kier alpha value is -4.68. The average molecular weight is 871 g/mol. The lowest BCUT2D eigenvalue weighted by atomic mass is 9.94. The Balaban J connectivity index is 0.000000210. The van der Waals surface area contributed by atoms with E-state index in [1.54, 1.807) is 29.0 Å². The molecule has 4 aliphatic heterocycles. The molecule has 0 aliphatic carbocycles. The lowest BCUT2D eigenvalue weighted by molar-refractivity contribution is -0.137. The number of carbonyl (C=O) groups is 3. The smallest absolute Gasteiger partial charge is 0.369 e. The molecule has 18 heteroatoms. The molecule has 4 aliphatic rings. The number of hydrogen-bond acceptors (Lipinski definition) is 12. The number of nitrogens with one attached hydrogen (secondary N) is 2. The second kappa shape index (κ2) is 20.5. The number of imide groups is 1. The van der Waals surface area contributed by atoms with Crippen LogP contribution in [-0.4, -0.2) is 99.0 Å². The minimum atomic E-state index is -4.50. The average Bonchev–Trinajstić information content (AvgIpc) is 3.24. The largest absolute Gasteiger partial charge is 0.421 e. The molecule has 2 unspecified atom stereocenters. The molecule has 3 aromatic rings. The number of likely N-dealkylation sites (N-methyl/N-ethyl adjacent to an activating group) is 1. The standard InChI is InChI=1S/C25H36FN5O3.C18H22F3N5S/c1-28(17-32)24-20(29(2)21-8-9-22(33)27-25(21)34)7-6-19(23(24)26)31-14-10-18(11-15-31)16-30-12-4-3-5-13-30;1-11-4-3-7-26(10-11)16-14(18(19,20)21)9-23-17(25-16)24-15-6-5-13(27-22)8-12(15)2/h6-7,17-18,21H,3-5,8-16H2,1-2H3,(H,27,33,34);5-6,8-9,11H,3-4,7,10,22H2,1-2H3,(H,23,24,25). The molecule has 5 heterocycles. The van der Waals surface area contributed by atoms with Gasteiger partial charge in [0.1, 0.15) is 23.1 Å². The van der Waals surface area contributed by atoms with Gasteiger partial charge in [0.2, 0.25) is 24.2 Å². The highest BCUT2D eigenvalue weighted by molar-refractivity contribution is 7.97. The van der Waals surface area contributed by atoms with E-state index in [0.29, 0.717) is 49.1 Å². The number of halogens is 4. The predicted octanol–water partition coefficient (Wildman–Crippen LogP) is 7.11. The van der Waals surface area contributed by atoms with Gasteiger partial charge in [0.25, 0.3) is 0 Å². The van der Waals surface area contributed by atoms with E-state index < -0.39 is 29.5 Å². The fourth-order valence-corrected chi connectivity index (χ4v) is 9.16. The van der Waals surface area contributed by atoms with Gasteiger partial charge in [-0.15, -0.1) is 0 Å². The van der Waals surface area contributed by atoms with Gasteiger partial charge in [0.05, 0.1) is 11.4 Å². The van der Waals surface area contributed by atoms with E-state index in [0.717, 1.165) is 79.6 Å². The third-order valence-electron chi connectivity index (χ3n) is 12.2. The molecule has 4 N–H and O–H groups in total. The number of hydrogen-bond donors (Lipinski definition) is 3. The molecule has 0 bridgehead atoms. The van der Waals surface area contributed by atoms with Crippen molar-refractivity contribution in [3.8, 4) is 0 Å². The van der Waals surface area contributed by atoms with Crippen molar-refractivity contribution >= 4 is 64.7 Å². The van der Waals surface area contributed by atoms with E-state index in [4.69, 9.17) is 5.14 Å². The van der Waals surface area contributed by atoms with Crippen LogP contribution in [-0.2, 0) is 20.6 Å². The van der Waals surface area contributed by atoms with Crippen LogP contribution in [0.15, 0.2) is 41.4 Å². The maximum atomic E-state index is 15.9. The van der Waals surface area contributed by atoms with Crippen LogP contribution in [0.3, 0.4) is 0 Å². The number of aryl methyl sites for hydroxylation is 1. The second-order valence-electron chi connectivity index (χ2n) is 16.7. The maximum Gasteiger partial charge on any atom is 0.421 e. The van der Waals surface area contributed by atoms with E-state index >= 15 is 4.39 Å². The van der Waals surface area contributed by atoms with Crippen molar-refractivity contribution in [3.05, 3.63) is 53.5 Å². The third kappa shape index (κ3) is 11.4. The molecule has 1 aromatic heterocycles. The SMILES string of the molecule is CN(C=O)c1c(N(C)C2CCC(=O)NC2=O)ccc(N2CCC(CN3CCCCC3)CC2)c1F.Cc1cc(SN)ccc1Nc1ncc(C(F)(F)F)c(N2CCCC(C)C2)n1. The number of piperidine rings is 4. The van der Waals surface area contributed by atoms with Crippen LogP contribution in [0.5, 0.6) is 0 Å². The highest BCUT2D eigenvalue weighted by Gasteiger charge is 2.38. The molecule has 61 heavy (non-hydrogen) atoms. The second-order valence-corrected chi connectivity index (χ2v) is 17.4. The third-order valence-corrected chi connectivity index (χ3v) is 12.7. The summed E-state index contributed by atoms with van der Waals surface area (Å²) in [6.07, 6.45) is 5.34. The summed E-state index contributed by atoms with van der Waals surface area (Å²) in [6.45, 7) is 10.1. The zero-order chi connectivity index (χ0) is 43.8. The van der Waals surface area contributed by atoms with Crippen molar-refractivity contribution in [3.63, 3.8) is 0 Å². The minimum Gasteiger partial charge on any atom is -0.369 e. The van der Waals surface area contributed by atoms with E-state index in [9.17, 15) is 27.6 Å². The van der Waals surface area contributed by atoms with Crippen molar-refractivity contribution in [2.24, 2.45) is 17.0 Å². The first-order valence-electron chi connectivity index (χ1n) is 21.1. The van der Waals surface area contributed by atoms with Crippen molar-refractivity contribution in [2.45, 2.75) is 88.7 Å². The number of anilines is 6. The number of carbonyl (C=O) groups excluding carboxylic acids is 3. The van der Waals surface area contributed by atoms with Crippen molar-refractivity contribution in [1.82, 2.24) is 20.2 Å². The number of rotatable bonds is 11. The van der Waals surface area contributed by atoms with Gasteiger partial charge in [-0.1, -0.05) is 13.3 Å². The molecule has 2 atom stereocenters. The number of amides is 3. The Labute approximate surface area is 359 Å². The molecule has 0 saturated carbocycles. The van der Waals surface area contributed by atoms with Crippen molar-refractivity contribution in [2.75, 3.05) is 84.8 Å². The van der Waals surface area contributed by atoms with Crippen LogP contribution >= 0.6 is 11.9 Å². The number of alkyl halides is 3. The van der Waals surface area contributed by atoms with Gasteiger partial charge in [0.15, 0.2) is 5.82 Å². The van der Waals surface area contributed by atoms with Crippen LogP contribution < -0.4 is 35.4 Å². The molecule has 13 nitrogen and oxygen atoms in total. The molecule has 0 spiro atoms. The van der Waals surface area contributed by atoms with Gasteiger partial charge >= 0.3 is 6.18 Å². The molecule has 0 radical (unpaired) electrons. The highest BCUT2D eigenvalue weighted by Crippen LogP contribution is 2.40. The first-order valence-corrected chi connectivity index (χ1v) is 22.0. The van der Waals surface area contributed by atoms with Crippen LogP contribution in [0.2, 0.25) is 0 Å². The predicted molar refractivity (Wildman–Crippen MR) is 233 cm³/mol. The van der Waals surface area contributed by atoms with Crippen LogP contribution in [0.4, 0.5) is 52.1 Å². The summed E-state index contributed by atoms with van der Waals surface area (Å²) in [5, 5.41) is 10.9. The Morgan fingerprint density at radius 1 is 0.984 bits per heavy atom. The van der Waals surface area contributed by atoms with Gasteiger partial charge in [-0.3, -0.25) is 24.8 Å². The molecule has 3 amide bonds. The zero-order valence-corrected chi connectivity index (χ0v) is 36.3. The Bertz CT molecular complexity index is 2010. The quantitative estimate of drug-likeness (QED) is 0.0783. The first-order chi connectivity index (χ1) is 29.2. The lowest BCUT2D eigenvalue weighted by Gasteiger charge is -2.38. The summed E-state index contributed by atoms with van der Waals surface area (Å²) >= 11 is 1.13. The van der Waals surface area contributed by atoms with Crippen LogP contribution in [0, 0.1) is 24.6 Å². The monoisotopic (exact) mass is 870 g/mol. The number of benzene rings is 2. The van der Waals surface area contributed by atoms with Gasteiger partial charge in [-0.25, -0.2) is 9.37 Å². The summed E-state index contributed by atoms with van der Waals surface area (Å²) in [7, 11) is 3.21. The fraction of sp³-hybridized carbons (Fsp3) is 0.558. The lowest BCUT2D eigenvalue weighted by Crippen LogP contribution is -2.51. The summed E-state index contributed by atoms with van der Waals surface area (Å²) in [5.74, 6) is -0.113. The van der Waals surface area contributed by atoms with Crippen molar-refractivity contribution < 1.29 is 31.9 Å². The molecular formula is C43H58F4N10O3S. The number of aromatic nitrogens is 2. The van der Waals surface area contributed by atoms with Gasteiger partial charge in [0, 0.05) is 70.0 Å². The summed E-state index contributed by atoms with van der Waals surface area (Å²) < 4.78 is 56.3. The molecule has 332 valence electrons. The topological polar surface area (TPSA) is 143 Å². The maximum absolute atomic E-state index is 15.9. The van der Waals surface area contributed by atoms with Gasteiger partial charge in [-0.05, 0) is 125 Å². The van der Waals surface area contributed by atoms with E-state index in [1.165, 1.54) is 44.3 Å². The number of nitrogens with zero attached hydrogens (tertiary/aromatic N) is 7. The Morgan fingerprint density at radius 2 is 1.72 bits per heavy atom. The normalized spacial score (nSPS) is 20.4. The molecule has 2 aromatic carbocycles. The van der Waals surface area contributed by atoms with E-state index in [-0.39, 0.29) is 29.8 Å². The van der Waals surface area contributed by atoms with Crippen LogP contribution in [0.1, 0.15) is 75.8 Å². The Kier molecular flexibility index (Phi) is 15.4. The first kappa shape index (κ1) is 45.8. The minimum absolute atomic E-state index is 0.0571. The summed E-state index contributed by atoms with van der Waals surface area (Å²) in [6, 6.07) is 8.46. The zero-order valence-electron chi connectivity index (χ0n) is 35.4. The van der Waals surface area contributed by atoms with Crippen molar-refractivity contribution in [1.29, 1.82) is 0 Å². The highest BCUT2D eigenvalue weighted by atomic mass is 32.2. The molecule has 4 fully saturated rings. The summed E-state index contributed by atoms with van der Waals surface area (Å²) in [4.78, 5) is 53.8. The van der Waals surface area contributed by atoms with Gasteiger partial charge in [-0.2, -0.15) is 18.2 Å². The molecular weight excluding hydrogens is 813 g/mol. The molecule has 7 rings (SSSR count). The Morgan fingerprint density at radius 3 is 2.36 bits per heavy atom. The fourth-order valence-electron chi connectivity index (χ4n) is 8.77. The summed E-state index contributed by atoms with van der Waals surface area (Å²) in [5.41, 5.74) is 1.92. The van der Waals surface area contributed by atoms with Crippen LogP contribution in [0.25, 0.3) is 0 Å². The molecule has 4 saturated heterocycles. The van der Waals surface area contributed by atoms with E-state index in [1.807, 2.05) is 32.0 Å². The van der Waals surface area contributed by atoms with E-state index in [2.05, 4.69) is 30.4 Å². The number of likely N-dealkylation sites (tertiary alicyclic amines) is 1. The number of nitrogens with two attached hydrogens (primary N) is 1. The van der Waals surface area contributed by atoms with Gasteiger partial charge < -0.3 is 29.8 Å².